The van der Waals surface area contributed by atoms with Gasteiger partial charge in [-0.05, 0) is 44.0 Å². The van der Waals surface area contributed by atoms with Crippen molar-refractivity contribution in [3.8, 4) is 0 Å². The number of rotatable bonds is 8. The van der Waals surface area contributed by atoms with E-state index in [0.29, 0.717) is 54.1 Å². The summed E-state index contributed by atoms with van der Waals surface area (Å²) in [7, 11) is 0. The number of nitrogens with zero attached hydrogens (tertiary/aromatic N) is 4. The number of amides is 2. The number of aromatic nitrogens is 3. The Kier molecular flexibility index (Phi) is 6.51. The molecule has 0 atom stereocenters. The molecule has 0 radical (unpaired) electrons. The third-order valence-electron chi connectivity index (χ3n) is 6.24. The first-order valence-electron chi connectivity index (χ1n) is 12.0. The van der Waals surface area contributed by atoms with Gasteiger partial charge in [-0.1, -0.05) is 0 Å². The van der Waals surface area contributed by atoms with Gasteiger partial charge in [0.25, 0.3) is 11.8 Å². The van der Waals surface area contributed by atoms with Crippen LogP contribution in [0, 0.1) is 11.2 Å². The highest BCUT2D eigenvalue weighted by Crippen LogP contribution is 2.29. The number of halogens is 1. The van der Waals surface area contributed by atoms with Crippen LogP contribution in [0.4, 0.5) is 21.7 Å². The Morgan fingerprint density at radius 3 is 2.81 bits per heavy atom. The molecule has 0 unspecified atom stereocenters. The lowest BCUT2D eigenvalue weighted by atomic mass is 10.1. The van der Waals surface area contributed by atoms with Crippen molar-refractivity contribution in [3.05, 3.63) is 47.4 Å². The van der Waals surface area contributed by atoms with E-state index in [1.807, 2.05) is 0 Å². The SMILES string of the molecule is N=C(Cc1cnn2c(NC3CC3)cc(Nc3ccc(C(=O)N4CCCNCC4)cc3F)nc12)C(N)=O. The second-order valence-corrected chi connectivity index (χ2v) is 9.09. The summed E-state index contributed by atoms with van der Waals surface area (Å²) in [6.45, 7) is 2.80. The molecule has 0 spiro atoms. The van der Waals surface area contributed by atoms with Gasteiger partial charge in [0.2, 0.25) is 0 Å². The summed E-state index contributed by atoms with van der Waals surface area (Å²) < 4.78 is 16.7. The van der Waals surface area contributed by atoms with E-state index in [2.05, 4.69) is 26.0 Å². The minimum absolute atomic E-state index is 0.0185. The van der Waals surface area contributed by atoms with Crippen LogP contribution in [0.5, 0.6) is 0 Å². The van der Waals surface area contributed by atoms with Crippen LogP contribution in [0.25, 0.3) is 5.65 Å². The number of fused-ring (bicyclic) bond motifs is 1. The fourth-order valence-corrected chi connectivity index (χ4v) is 4.13. The van der Waals surface area contributed by atoms with E-state index in [9.17, 15) is 9.59 Å². The summed E-state index contributed by atoms with van der Waals surface area (Å²) in [5.41, 5.74) is 6.42. The summed E-state index contributed by atoms with van der Waals surface area (Å²) in [4.78, 5) is 30.5. The first kappa shape index (κ1) is 23.7. The molecule has 1 saturated heterocycles. The van der Waals surface area contributed by atoms with Gasteiger partial charge in [-0.2, -0.15) is 9.61 Å². The fourth-order valence-electron chi connectivity index (χ4n) is 4.13. The molecule has 1 saturated carbocycles. The number of primary amides is 1. The van der Waals surface area contributed by atoms with E-state index in [1.165, 1.54) is 12.1 Å². The standard InChI is InChI=1S/C24H28FN9O2/c25-17-10-14(24(36)33-8-1-6-28-7-9-33)2-5-19(17)31-20-12-21(30-16-3-4-16)34-23(32-20)15(13-29-34)11-18(26)22(27)35/h2,5,10,12-13,16,26,28,30H,1,3-4,6-9,11H2,(H2,27,35)(H,31,32). The maximum absolute atomic E-state index is 15.1. The van der Waals surface area contributed by atoms with Crippen LogP contribution < -0.4 is 21.7 Å². The van der Waals surface area contributed by atoms with Gasteiger partial charge < -0.3 is 26.6 Å². The Morgan fingerprint density at radius 1 is 1.22 bits per heavy atom. The molecule has 5 rings (SSSR count). The zero-order valence-corrected chi connectivity index (χ0v) is 19.7. The Hall–Kier alpha value is -4.06. The zero-order valence-electron chi connectivity index (χ0n) is 19.7. The number of nitrogens with two attached hydrogens (primary N) is 1. The molecule has 1 aromatic carbocycles. The summed E-state index contributed by atoms with van der Waals surface area (Å²) in [6, 6.07) is 6.41. The lowest BCUT2D eigenvalue weighted by molar-refractivity contribution is -0.112. The second-order valence-electron chi connectivity index (χ2n) is 9.09. The van der Waals surface area contributed by atoms with E-state index < -0.39 is 11.7 Å². The zero-order chi connectivity index (χ0) is 25.2. The van der Waals surface area contributed by atoms with Crippen molar-refractivity contribution < 1.29 is 14.0 Å². The van der Waals surface area contributed by atoms with Gasteiger partial charge in [-0.15, -0.1) is 0 Å². The van der Waals surface area contributed by atoms with Crippen LogP contribution in [0.3, 0.4) is 0 Å². The third kappa shape index (κ3) is 5.13. The number of benzene rings is 1. The van der Waals surface area contributed by atoms with Gasteiger partial charge in [-0.25, -0.2) is 9.37 Å². The van der Waals surface area contributed by atoms with Crippen LogP contribution in [0.15, 0.2) is 30.5 Å². The fraction of sp³-hybridized carbons (Fsp3) is 0.375. The Morgan fingerprint density at radius 2 is 2.06 bits per heavy atom. The third-order valence-corrected chi connectivity index (χ3v) is 6.24. The number of nitrogens with one attached hydrogen (secondary N) is 4. The number of carbonyl (C=O) groups is 2. The average Bonchev–Trinajstić information content (AvgIpc) is 3.64. The van der Waals surface area contributed by atoms with Crippen LogP contribution in [0.2, 0.25) is 0 Å². The molecule has 2 aromatic heterocycles. The summed E-state index contributed by atoms with van der Waals surface area (Å²) in [5.74, 6) is -0.566. The highest BCUT2D eigenvalue weighted by molar-refractivity contribution is 6.37. The second kappa shape index (κ2) is 9.90. The van der Waals surface area contributed by atoms with Gasteiger partial charge in [-0.3, -0.25) is 15.0 Å². The lowest BCUT2D eigenvalue weighted by Gasteiger charge is -2.20. The van der Waals surface area contributed by atoms with Crippen molar-refractivity contribution in [2.24, 2.45) is 5.73 Å². The highest BCUT2D eigenvalue weighted by atomic mass is 19.1. The maximum atomic E-state index is 15.1. The molecule has 11 nitrogen and oxygen atoms in total. The number of hydrogen-bond acceptors (Lipinski definition) is 8. The van der Waals surface area contributed by atoms with Crippen LogP contribution in [-0.2, 0) is 11.2 Å². The van der Waals surface area contributed by atoms with Crippen LogP contribution in [-0.4, -0.2) is 69.2 Å². The summed E-state index contributed by atoms with van der Waals surface area (Å²) in [5, 5.41) is 21.8. The Balaban J connectivity index is 1.42. The molecule has 1 aliphatic heterocycles. The summed E-state index contributed by atoms with van der Waals surface area (Å²) >= 11 is 0. The van der Waals surface area contributed by atoms with Gasteiger partial charge in [0, 0.05) is 49.3 Å². The van der Waals surface area contributed by atoms with Gasteiger partial charge in [0.05, 0.1) is 11.9 Å². The van der Waals surface area contributed by atoms with Crippen molar-refractivity contribution in [1.82, 2.24) is 24.8 Å². The van der Waals surface area contributed by atoms with Gasteiger partial charge in [0.15, 0.2) is 5.65 Å². The number of anilines is 3. The van der Waals surface area contributed by atoms with E-state index in [1.54, 1.807) is 27.7 Å². The Bertz CT molecular complexity index is 1330. The predicted octanol–water partition coefficient (Wildman–Crippen LogP) is 1.67. The smallest absolute Gasteiger partial charge is 0.262 e. The van der Waals surface area contributed by atoms with E-state index in [-0.39, 0.29) is 23.7 Å². The van der Waals surface area contributed by atoms with Gasteiger partial charge >= 0.3 is 0 Å². The first-order chi connectivity index (χ1) is 17.4. The molecular weight excluding hydrogens is 465 g/mol. The largest absolute Gasteiger partial charge is 0.367 e. The average molecular weight is 494 g/mol. The molecule has 1 aliphatic carbocycles. The molecule has 36 heavy (non-hydrogen) atoms. The molecule has 2 aliphatic rings. The Labute approximate surface area is 206 Å². The van der Waals surface area contributed by atoms with Crippen LogP contribution >= 0.6 is 0 Å². The molecule has 3 heterocycles. The van der Waals surface area contributed by atoms with Crippen molar-refractivity contribution >= 4 is 40.5 Å². The molecule has 0 bridgehead atoms. The van der Waals surface area contributed by atoms with Crippen molar-refractivity contribution in [3.63, 3.8) is 0 Å². The highest BCUT2D eigenvalue weighted by Gasteiger charge is 2.24. The molecule has 6 N–H and O–H groups in total. The maximum Gasteiger partial charge on any atom is 0.262 e. The monoisotopic (exact) mass is 493 g/mol. The van der Waals surface area contributed by atoms with Gasteiger partial charge in [0.1, 0.15) is 23.2 Å². The quantitative estimate of drug-likeness (QED) is 0.299. The van der Waals surface area contributed by atoms with E-state index >= 15 is 4.39 Å². The number of hydrogen-bond donors (Lipinski definition) is 5. The van der Waals surface area contributed by atoms with E-state index in [4.69, 9.17) is 11.1 Å². The summed E-state index contributed by atoms with van der Waals surface area (Å²) in [6.07, 6.45) is 4.44. The minimum Gasteiger partial charge on any atom is -0.367 e. The molecule has 2 fully saturated rings. The van der Waals surface area contributed by atoms with Crippen molar-refractivity contribution in [2.45, 2.75) is 31.7 Å². The molecule has 12 heteroatoms. The van der Waals surface area contributed by atoms with Crippen LogP contribution in [0.1, 0.15) is 35.2 Å². The number of carbonyl (C=O) groups excluding carboxylic acids is 2. The minimum atomic E-state index is -0.812. The molecule has 3 aromatic rings. The normalized spacial score (nSPS) is 16.0. The first-order valence-corrected chi connectivity index (χ1v) is 12.0. The molecule has 2 amide bonds. The topological polar surface area (TPSA) is 154 Å². The van der Waals surface area contributed by atoms with E-state index in [0.717, 1.165) is 25.8 Å². The van der Waals surface area contributed by atoms with Crippen molar-refractivity contribution in [1.29, 1.82) is 5.41 Å². The lowest BCUT2D eigenvalue weighted by Crippen LogP contribution is -2.34. The predicted molar refractivity (Wildman–Crippen MR) is 133 cm³/mol. The molecular formula is C24H28FN9O2. The van der Waals surface area contributed by atoms with Crippen molar-refractivity contribution in [2.75, 3.05) is 36.8 Å². The molecule has 188 valence electrons.